The Morgan fingerprint density at radius 1 is 1.22 bits per heavy atom. The SMILES string of the molecule is COc1ccc(/C=C2/NC(=S)N(c3cn(C)nc3C)C2=O)cc1COc1ccc(Cl)cc1. The van der Waals surface area contributed by atoms with Crippen LogP contribution >= 0.6 is 23.8 Å². The van der Waals surface area contributed by atoms with Gasteiger partial charge in [0.25, 0.3) is 5.91 Å². The molecule has 1 saturated heterocycles. The molecule has 1 N–H and O–H groups in total. The first-order valence-electron chi connectivity index (χ1n) is 9.78. The van der Waals surface area contributed by atoms with Gasteiger partial charge >= 0.3 is 0 Å². The molecule has 1 aliphatic heterocycles. The summed E-state index contributed by atoms with van der Waals surface area (Å²) in [7, 11) is 3.41. The van der Waals surface area contributed by atoms with E-state index in [1.165, 1.54) is 4.90 Å². The van der Waals surface area contributed by atoms with Crippen molar-refractivity contribution < 1.29 is 14.3 Å². The number of hydrogen-bond acceptors (Lipinski definition) is 5. The van der Waals surface area contributed by atoms with Crippen LogP contribution in [0.3, 0.4) is 0 Å². The molecular formula is C23H21ClN4O3S. The van der Waals surface area contributed by atoms with Crippen LogP contribution < -0.4 is 19.7 Å². The number of ether oxygens (including phenoxy) is 2. The summed E-state index contributed by atoms with van der Waals surface area (Å²) < 4.78 is 13.0. The minimum Gasteiger partial charge on any atom is -0.496 e. The van der Waals surface area contributed by atoms with Gasteiger partial charge in [-0.05, 0) is 67.2 Å². The molecule has 0 atom stereocenters. The number of thiocarbonyl (C=S) groups is 1. The van der Waals surface area contributed by atoms with Gasteiger partial charge in [0.2, 0.25) is 0 Å². The van der Waals surface area contributed by atoms with Crippen LogP contribution in [0, 0.1) is 6.92 Å². The van der Waals surface area contributed by atoms with Crippen LogP contribution in [0.4, 0.5) is 5.69 Å². The molecule has 1 aromatic heterocycles. The second-order valence-electron chi connectivity index (χ2n) is 7.22. The maximum Gasteiger partial charge on any atom is 0.281 e. The lowest BCUT2D eigenvalue weighted by atomic mass is 10.1. The topological polar surface area (TPSA) is 68.6 Å². The zero-order valence-electron chi connectivity index (χ0n) is 17.8. The zero-order valence-corrected chi connectivity index (χ0v) is 19.3. The van der Waals surface area contributed by atoms with Crippen LogP contribution in [0.25, 0.3) is 6.08 Å². The quantitative estimate of drug-likeness (QED) is 0.431. The Bertz CT molecular complexity index is 1220. The monoisotopic (exact) mass is 468 g/mol. The highest BCUT2D eigenvalue weighted by atomic mass is 35.5. The van der Waals surface area contributed by atoms with E-state index >= 15 is 0 Å². The predicted octanol–water partition coefficient (Wildman–Crippen LogP) is 4.23. The Kier molecular flexibility index (Phi) is 6.16. The molecule has 0 unspecified atom stereocenters. The van der Waals surface area contributed by atoms with E-state index in [-0.39, 0.29) is 5.91 Å². The van der Waals surface area contributed by atoms with Crippen LogP contribution in [-0.2, 0) is 18.4 Å². The molecule has 1 amide bonds. The zero-order chi connectivity index (χ0) is 22.8. The van der Waals surface area contributed by atoms with Gasteiger partial charge in [-0.2, -0.15) is 5.10 Å². The van der Waals surface area contributed by atoms with E-state index in [1.807, 2.05) is 25.1 Å². The van der Waals surface area contributed by atoms with Crippen LogP contribution in [0.1, 0.15) is 16.8 Å². The lowest BCUT2D eigenvalue weighted by molar-refractivity contribution is -0.113. The lowest BCUT2D eigenvalue weighted by Gasteiger charge is -2.12. The fourth-order valence-electron chi connectivity index (χ4n) is 3.42. The number of carbonyl (C=O) groups is 1. The summed E-state index contributed by atoms with van der Waals surface area (Å²) in [6.45, 7) is 2.13. The van der Waals surface area contributed by atoms with E-state index in [1.54, 1.807) is 55.4 Å². The van der Waals surface area contributed by atoms with Crippen molar-refractivity contribution in [2.45, 2.75) is 13.5 Å². The molecule has 7 nitrogen and oxygen atoms in total. The molecule has 0 aliphatic carbocycles. The second kappa shape index (κ2) is 9.02. The number of amides is 1. The summed E-state index contributed by atoms with van der Waals surface area (Å²) in [5.74, 6) is 1.15. The van der Waals surface area contributed by atoms with Gasteiger partial charge in [0.15, 0.2) is 5.11 Å². The van der Waals surface area contributed by atoms with E-state index in [4.69, 9.17) is 33.3 Å². The maximum atomic E-state index is 13.0. The fraction of sp³-hybridized carbons (Fsp3) is 0.174. The first-order valence-corrected chi connectivity index (χ1v) is 10.6. The average Bonchev–Trinajstić information content (AvgIpc) is 3.24. The molecule has 1 fully saturated rings. The average molecular weight is 469 g/mol. The number of anilines is 1. The third kappa shape index (κ3) is 4.46. The number of benzene rings is 2. The van der Waals surface area contributed by atoms with Crippen molar-refractivity contribution in [3.8, 4) is 11.5 Å². The third-order valence-electron chi connectivity index (χ3n) is 4.93. The Morgan fingerprint density at radius 3 is 2.62 bits per heavy atom. The molecule has 2 heterocycles. The number of nitrogens with zero attached hydrogens (tertiary/aromatic N) is 3. The molecule has 1 aliphatic rings. The number of nitrogens with one attached hydrogen (secondary N) is 1. The second-order valence-corrected chi connectivity index (χ2v) is 8.04. The van der Waals surface area contributed by atoms with Crippen molar-refractivity contribution in [1.82, 2.24) is 15.1 Å². The van der Waals surface area contributed by atoms with E-state index < -0.39 is 0 Å². The van der Waals surface area contributed by atoms with Crippen LogP contribution in [-0.4, -0.2) is 27.9 Å². The van der Waals surface area contributed by atoms with E-state index in [0.717, 1.165) is 16.8 Å². The first kappa shape index (κ1) is 21.9. The van der Waals surface area contributed by atoms with Crippen molar-refractivity contribution in [3.05, 3.63) is 76.2 Å². The molecule has 0 spiro atoms. The first-order chi connectivity index (χ1) is 15.4. The van der Waals surface area contributed by atoms with Gasteiger partial charge in [-0.3, -0.25) is 9.48 Å². The summed E-state index contributed by atoms with van der Waals surface area (Å²) in [6, 6.07) is 12.8. The summed E-state index contributed by atoms with van der Waals surface area (Å²) in [4.78, 5) is 14.5. The highest BCUT2D eigenvalue weighted by Crippen LogP contribution is 2.27. The van der Waals surface area contributed by atoms with Gasteiger partial charge in [-0.15, -0.1) is 0 Å². The number of carbonyl (C=O) groups excluding carboxylic acids is 1. The number of methoxy groups -OCH3 is 1. The number of rotatable bonds is 6. The molecule has 0 saturated carbocycles. The van der Waals surface area contributed by atoms with Crippen molar-refractivity contribution in [1.29, 1.82) is 0 Å². The van der Waals surface area contributed by atoms with Gasteiger partial charge in [0.1, 0.15) is 23.8 Å². The summed E-state index contributed by atoms with van der Waals surface area (Å²) in [6.07, 6.45) is 3.52. The van der Waals surface area contributed by atoms with Crippen molar-refractivity contribution in [3.63, 3.8) is 0 Å². The fourth-order valence-corrected chi connectivity index (χ4v) is 3.84. The van der Waals surface area contributed by atoms with Gasteiger partial charge in [-0.25, -0.2) is 4.90 Å². The minimum atomic E-state index is -0.235. The normalized spacial score (nSPS) is 14.8. The summed E-state index contributed by atoms with van der Waals surface area (Å²) in [5.41, 5.74) is 3.41. The largest absolute Gasteiger partial charge is 0.496 e. The van der Waals surface area contributed by atoms with Crippen molar-refractivity contribution in [2.24, 2.45) is 7.05 Å². The highest BCUT2D eigenvalue weighted by molar-refractivity contribution is 7.80. The van der Waals surface area contributed by atoms with Gasteiger partial charge in [0, 0.05) is 23.8 Å². The molecule has 0 radical (unpaired) electrons. The molecule has 4 rings (SSSR count). The molecule has 9 heteroatoms. The Hall–Kier alpha value is -3.36. The van der Waals surface area contributed by atoms with Gasteiger partial charge < -0.3 is 14.8 Å². The van der Waals surface area contributed by atoms with E-state index in [9.17, 15) is 4.79 Å². The van der Waals surface area contributed by atoms with Crippen LogP contribution in [0.5, 0.6) is 11.5 Å². The molecular weight excluding hydrogens is 448 g/mol. The molecule has 0 bridgehead atoms. The predicted molar refractivity (Wildman–Crippen MR) is 128 cm³/mol. The number of hydrogen-bond donors (Lipinski definition) is 1. The molecule has 164 valence electrons. The van der Waals surface area contributed by atoms with Crippen molar-refractivity contribution >= 4 is 46.6 Å². The molecule has 32 heavy (non-hydrogen) atoms. The smallest absolute Gasteiger partial charge is 0.281 e. The van der Waals surface area contributed by atoms with E-state index in [0.29, 0.717) is 39.6 Å². The molecule has 3 aromatic rings. The molecule has 2 aromatic carbocycles. The summed E-state index contributed by atoms with van der Waals surface area (Å²) >= 11 is 11.3. The van der Waals surface area contributed by atoms with Gasteiger partial charge in [-0.1, -0.05) is 17.7 Å². The van der Waals surface area contributed by atoms with Crippen LogP contribution in [0.2, 0.25) is 5.02 Å². The third-order valence-corrected chi connectivity index (χ3v) is 5.47. The Labute approximate surface area is 196 Å². The van der Waals surface area contributed by atoms with E-state index in [2.05, 4.69) is 10.4 Å². The number of aryl methyl sites for hydroxylation is 2. The Morgan fingerprint density at radius 2 is 1.97 bits per heavy atom. The van der Waals surface area contributed by atoms with Crippen molar-refractivity contribution in [2.75, 3.05) is 12.0 Å². The minimum absolute atomic E-state index is 0.235. The van der Waals surface area contributed by atoms with Gasteiger partial charge in [0.05, 0.1) is 18.5 Å². The highest BCUT2D eigenvalue weighted by Gasteiger charge is 2.33. The standard InChI is InChI=1S/C23H21ClN4O3S/c1-14-20(12-27(2)26-14)28-22(29)19(25-23(28)32)11-15-4-9-21(30-3)16(10-15)13-31-18-7-5-17(24)6-8-18/h4-12H,13H2,1-3H3,(H,25,32)/b19-11+. The number of halogens is 1. The lowest BCUT2D eigenvalue weighted by Crippen LogP contribution is -2.30. The Balaban J connectivity index is 1.57. The summed E-state index contributed by atoms with van der Waals surface area (Å²) in [5, 5.41) is 8.26. The number of aromatic nitrogens is 2. The van der Waals surface area contributed by atoms with Crippen LogP contribution in [0.15, 0.2) is 54.4 Å². The maximum absolute atomic E-state index is 13.0.